The molecular weight excluding hydrogens is 212 g/mol. The number of hydrogen-bond acceptors (Lipinski definition) is 4. The van der Waals surface area contributed by atoms with Gasteiger partial charge in [0.1, 0.15) is 6.10 Å². The summed E-state index contributed by atoms with van der Waals surface area (Å²) < 4.78 is 5.47. The summed E-state index contributed by atoms with van der Waals surface area (Å²) in [5, 5.41) is 3.74. The second-order valence-electron chi connectivity index (χ2n) is 4.03. The van der Waals surface area contributed by atoms with E-state index in [4.69, 9.17) is 4.74 Å². The van der Waals surface area contributed by atoms with Gasteiger partial charge in [-0.25, -0.2) is 0 Å². The van der Waals surface area contributed by atoms with Gasteiger partial charge < -0.3 is 15.0 Å². The number of carbonyl (C=O) groups excluding carboxylic acids is 1. The van der Waals surface area contributed by atoms with Crippen LogP contribution in [0.4, 0.5) is 0 Å². The third-order valence-electron chi connectivity index (χ3n) is 2.76. The maximum atomic E-state index is 12.1. The largest absolute Gasteiger partial charge is 0.366 e. The van der Waals surface area contributed by atoms with Gasteiger partial charge in [0.2, 0.25) is 0 Å². The summed E-state index contributed by atoms with van der Waals surface area (Å²) in [6.45, 7) is 6.07. The van der Waals surface area contributed by atoms with Gasteiger partial charge in [-0.15, -0.1) is 0 Å². The van der Waals surface area contributed by atoms with Gasteiger partial charge in [0.25, 0.3) is 5.91 Å². The Kier molecular flexibility index (Phi) is 3.88. The molecule has 0 aromatic carbocycles. The molecule has 1 N–H and O–H groups in total. The summed E-state index contributed by atoms with van der Waals surface area (Å²) in [4.78, 5) is 14.0. The molecule has 86 valence electrons. The first-order chi connectivity index (χ1) is 7.27. The van der Waals surface area contributed by atoms with Crippen molar-refractivity contribution in [2.75, 3.05) is 38.5 Å². The van der Waals surface area contributed by atoms with Gasteiger partial charge in [-0.3, -0.25) is 4.79 Å². The average molecular weight is 230 g/mol. The van der Waals surface area contributed by atoms with Crippen LogP contribution >= 0.6 is 11.8 Å². The molecule has 5 heteroatoms. The molecule has 0 radical (unpaired) electrons. The zero-order valence-electron chi connectivity index (χ0n) is 9.07. The van der Waals surface area contributed by atoms with Crippen molar-refractivity contribution in [2.24, 2.45) is 0 Å². The van der Waals surface area contributed by atoms with Crippen LogP contribution in [0, 0.1) is 0 Å². The van der Waals surface area contributed by atoms with Crippen molar-refractivity contribution in [1.82, 2.24) is 10.2 Å². The highest BCUT2D eigenvalue weighted by Crippen LogP contribution is 2.18. The highest BCUT2D eigenvalue weighted by Gasteiger charge is 2.29. The average Bonchev–Trinajstić information content (AvgIpc) is 2.29. The van der Waals surface area contributed by atoms with Crippen molar-refractivity contribution < 1.29 is 9.53 Å². The number of carbonyl (C=O) groups is 1. The van der Waals surface area contributed by atoms with Crippen LogP contribution in [0.5, 0.6) is 0 Å². The molecule has 0 aliphatic carbocycles. The maximum Gasteiger partial charge on any atom is 0.253 e. The van der Waals surface area contributed by atoms with Gasteiger partial charge >= 0.3 is 0 Å². The fraction of sp³-hybridized carbons (Fsp3) is 0.900. The van der Waals surface area contributed by atoms with Crippen molar-refractivity contribution in [3.63, 3.8) is 0 Å². The minimum absolute atomic E-state index is 0.161. The van der Waals surface area contributed by atoms with E-state index in [2.05, 4.69) is 12.2 Å². The first-order valence-corrected chi connectivity index (χ1v) is 6.55. The zero-order chi connectivity index (χ0) is 10.7. The molecule has 2 aliphatic heterocycles. The summed E-state index contributed by atoms with van der Waals surface area (Å²) >= 11 is 1.94. The Morgan fingerprint density at radius 2 is 2.47 bits per heavy atom. The lowest BCUT2D eigenvalue weighted by Gasteiger charge is -2.34. The Labute approximate surface area is 94.7 Å². The Morgan fingerprint density at radius 3 is 3.13 bits per heavy atom. The van der Waals surface area contributed by atoms with Crippen LogP contribution in [-0.2, 0) is 9.53 Å². The lowest BCUT2D eigenvalue weighted by atomic mass is 10.2. The minimum atomic E-state index is -0.256. The number of amides is 1. The van der Waals surface area contributed by atoms with Crippen molar-refractivity contribution in [2.45, 2.75) is 18.3 Å². The van der Waals surface area contributed by atoms with E-state index in [0.29, 0.717) is 18.4 Å². The third-order valence-corrected chi connectivity index (χ3v) is 3.89. The number of hydrogen-bond donors (Lipinski definition) is 1. The Hall–Kier alpha value is -0.260. The van der Waals surface area contributed by atoms with Crippen LogP contribution in [0.2, 0.25) is 0 Å². The summed E-state index contributed by atoms with van der Waals surface area (Å²) in [6.07, 6.45) is -0.256. The van der Waals surface area contributed by atoms with E-state index in [9.17, 15) is 4.79 Å². The number of ether oxygens (including phenoxy) is 1. The van der Waals surface area contributed by atoms with E-state index in [1.165, 1.54) is 0 Å². The Bertz CT molecular complexity index is 231. The quantitative estimate of drug-likeness (QED) is 0.685. The predicted molar refractivity (Wildman–Crippen MR) is 61.1 cm³/mol. The lowest BCUT2D eigenvalue weighted by molar-refractivity contribution is -0.145. The number of nitrogens with one attached hydrogen (secondary N) is 1. The number of thioether (sulfide) groups is 1. The number of nitrogens with zero attached hydrogens (tertiary/aromatic N) is 1. The van der Waals surface area contributed by atoms with Crippen LogP contribution in [0.1, 0.15) is 6.92 Å². The molecule has 0 aromatic rings. The molecule has 15 heavy (non-hydrogen) atoms. The maximum absolute atomic E-state index is 12.1. The molecule has 2 aliphatic rings. The third kappa shape index (κ3) is 2.86. The van der Waals surface area contributed by atoms with Crippen molar-refractivity contribution in [3.8, 4) is 0 Å². The smallest absolute Gasteiger partial charge is 0.253 e. The second-order valence-corrected chi connectivity index (χ2v) is 5.58. The second kappa shape index (κ2) is 5.18. The van der Waals surface area contributed by atoms with Crippen LogP contribution in [0.3, 0.4) is 0 Å². The summed E-state index contributed by atoms with van der Waals surface area (Å²) in [7, 11) is 0. The van der Waals surface area contributed by atoms with E-state index in [0.717, 1.165) is 25.4 Å². The summed E-state index contributed by atoms with van der Waals surface area (Å²) in [6, 6.07) is 0. The van der Waals surface area contributed by atoms with Crippen molar-refractivity contribution in [1.29, 1.82) is 0 Å². The number of morpholine rings is 1. The minimum Gasteiger partial charge on any atom is -0.366 e. The molecule has 1 unspecified atom stereocenters. The van der Waals surface area contributed by atoms with Gasteiger partial charge in [0.15, 0.2) is 0 Å². The van der Waals surface area contributed by atoms with E-state index in [-0.39, 0.29) is 12.0 Å². The highest BCUT2D eigenvalue weighted by atomic mass is 32.2. The summed E-state index contributed by atoms with van der Waals surface area (Å²) in [5.74, 6) is 1.21. The first-order valence-electron chi connectivity index (χ1n) is 5.50. The highest BCUT2D eigenvalue weighted by molar-refractivity contribution is 7.99. The van der Waals surface area contributed by atoms with E-state index < -0.39 is 0 Å². The zero-order valence-corrected chi connectivity index (χ0v) is 9.89. The van der Waals surface area contributed by atoms with Gasteiger partial charge in [0.05, 0.1) is 6.61 Å². The standard InChI is InChI=1S/C10H18N2O2S/c1-8-7-12(3-5-15-8)10(13)9-6-11-2-4-14-9/h8-9,11H,2-7H2,1H3/t8?,9-/m0/s1. The van der Waals surface area contributed by atoms with Gasteiger partial charge in [-0.1, -0.05) is 6.92 Å². The van der Waals surface area contributed by atoms with Gasteiger partial charge in [-0.2, -0.15) is 11.8 Å². The van der Waals surface area contributed by atoms with Gasteiger partial charge in [-0.05, 0) is 0 Å². The molecule has 2 saturated heterocycles. The molecule has 0 bridgehead atoms. The fourth-order valence-electron chi connectivity index (χ4n) is 1.95. The Balaban J connectivity index is 1.88. The monoisotopic (exact) mass is 230 g/mol. The number of rotatable bonds is 1. The van der Waals surface area contributed by atoms with E-state index in [1.54, 1.807) is 0 Å². The van der Waals surface area contributed by atoms with Crippen molar-refractivity contribution >= 4 is 17.7 Å². The van der Waals surface area contributed by atoms with Crippen molar-refractivity contribution in [3.05, 3.63) is 0 Å². The van der Waals surface area contributed by atoms with Crippen LogP contribution in [-0.4, -0.2) is 60.7 Å². The summed E-state index contributed by atoms with van der Waals surface area (Å²) in [5.41, 5.74) is 0. The van der Waals surface area contributed by atoms with E-state index >= 15 is 0 Å². The molecule has 0 aromatic heterocycles. The molecule has 2 fully saturated rings. The molecule has 2 heterocycles. The molecular formula is C10H18N2O2S. The first kappa shape index (κ1) is 11.2. The van der Waals surface area contributed by atoms with E-state index in [1.807, 2.05) is 16.7 Å². The topological polar surface area (TPSA) is 41.6 Å². The van der Waals surface area contributed by atoms with Crippen LogP contribution < -0.4 is 5.32 Å². The SMILES string of the molecule is CC1CN(C(=O)[C@@H]2CNCCO2)CCS1. The molecule has 0 saturated carbocycles. The normalized spacial score (nSPS) is 32.7. The fourth-order valence-corrected chi connectivity index (χ4v) is 2.96. The van der Waals surface area contributed by atoms with Crippen LogP contribution in [0.25, 0.3) is 0 Å². The molecule has 1 amide bonds. The lowest BCUT2D eigenvalue weighted by Crippen LogP contribution is -2.52. The molecule has 4 nitrogen and oxygen atoms in total. The molecule has 2 atom stereocenters. The Morgan fingerprint density at radius 1 is 1.60 bits per heavy atom. The molecule has 2 rings (SSSR count). The predicted octanol–water partition coefficient (Wildman–Crippen LogP) is -0.0613. The molecule has 0 spiro atoms. The van der Waals surface area contributed by atoms with Gasteiger partial charge in [0, 0.05) is 37.2 Å². The van der Waals surface area contributed by atoms with Crippen LogP contribution in [0.15, 0.2) is 0 Å².